The van der Waals surface area contributed by atoms with Crippen molar-refractivity contribution in [3.05, 3.63) is 236 Å². The Balaban J connectivity index is 1.17. The number of allylic oxidation sites excluding steroid dienone is 5. The molecule has 7 rings (SSSR count). The monoisotopic (exact) mass is 694 g/mol. The van der Waals surface area contributed by atoms with Gasteiger partial charge in [0, 0.05) is 16.8 Å². The van der Waals surface area contributed by atoms with Gasteiger partial charge in [0.15, 0.2) is 0 Å². The maximum atomic E-state index is 6.48. The van der Waals surface area contributed by atoms with Crippen LogP contribution in [0.15, 0.2) is 230 Å². The third kappa shape index (κ3) is 8.20. The van der Waals surface area contributed by atoms with Crippen LogP contribution in [-0.2, 0) is 0 Å². The smallest absolute Gasteiger partial charge is 0.0729 e. The fourth-order valence-electron chi connectivity index (χ4n) is 6.60. The number of rotatable bonds is 11. The first-order chi connectivity index (χ1) is 26.5. The minimum atomic E-state index is 0.540. The molecule has 0 aliphatic heterocycles. The summed E-state index contributed by atoms with van der Waals surface area (Å²) in [6, 6.07) is 59.8. The molecule has 0 aromatic heterocycles. The number of hydrogen-bond acceptors (Lipinski definition) is 2. The summed E-state index contributed by atoms with van der Waals surface area (Å²) < 4.78 is 0. The summed E-state index contributed by atoms with van der Waals surface area (Å²) in [6.07, 6.45) is 9.58. The zero-order chi connectivity index (χ0) is 37.3. The summed E-state index contributed by atoms with van der Waals surface area (Å²) in [6.45, 7) is 10.5. The standard InChI is InChI=1S/C52H42N2/c1-4-5-7-17-37(2)51(53)36-52(40-19-8-6-9-20-40)54-38(3)41-22-12-23-42(32-41)43-24-13-25-44(33-43)45-26-14-27-46(34-45)47-28-15-29-48(35-47)50-31-16-21-39-18-10-11-30-49(39)50/h4-36H,2-3,53H2,1H3/b5-4-,17-7-,51-36-,54-52+. The molecular formula is C52H42N2. The van der Waals surface area contributed by atoms with Gasteiger partial charge in [0.2, 0.25) is 0 Å². The average Bonchev–Trinajstić information content (AvgIpc) is 3.23. The first kappa shape index (κ1) is 35.4. The molecule has 0 radical (unpaired) electrons. The minimum Gasteiger partial charge on any atom is -0.398 e. The lowest BCUT2D eigenvalue weighted by Crippen LogP contribution is -2.05. The van der Waals surface area contributed by atoms with E-state index in [2.05, 4.69) is 147 Å². The van der Waals surface area contributed by atoms with E-state index in [1.165, 1.54) is 33.0 Å². The highest BCUT2D eigenvalue weighted by atomic mass is 14.8. The number of nitrogens with zero attached hydrogens (tertiary/aromatic N) is 1. The van der Waals surface area contributed by atoms with Crippen LogP contribution in [-0.4, -0.2) is 5.71 Å². The summed E-state index contributed by atoms with van der Waals surface area (Å²) >= 11 is 0. The van der Waals surface area contributed by atoms with Gasteiger partial charge in [-0.1, -0.05) is 183 Å². The summed E-state index contributed by atoms with van der Waals surface area (Å²) in [5.74, 6) is 0. The van der Waals surface area contributed by atoms with Crippen LogP contribution < -0.4 is 5.73 Å². The topological polar surface area (TPSA) is 38.4 Å². The fraction of sp³-hybridized carbons (Fsp3) is 0.0192. The molecule has 0 bridgehead atoms. The molecule has 7 aromatic carbocycles. The second kappa shape index (κ2) is 16.5. The lowest BCUT2D eigenvalue weighted by molar-refractivity contribution is 1.36. The van der Waals surface area contributed by atoms with E-state index < -0.39 is 0 Å². The molecule has 0 amide bonds. The highest BCUT2D eigenvalue weighted by Gasteiger charge is 2.10. The van der Waals surface area contributed by atoms with Crippen molar-refractivity contribution < 1.29 is 0 Å². The van der Waals surface area contributed by atoms with E-state index in [0.29, 0.717) is 22.7 Å². The van der Waals surface area contributed by atoms with Gasteiger partial charge in [-0.2, -0.15) is 0 Å². The Hall–Kier alpha value is -7.03. The van der Waals surface area contributed by atoms with Crippen LogP contribution in [0.2, 0.25) is 0 Å². The molecule has 0 aliphatic rings. The van der Waals surface area contributed by atoms with Crippen LogP contribution in [0.4, 0.5) is 0 Å². The predicted molar refractivity (Wildman–Crippen MR) is 233 cm³/mol. The molecule has 0 saturated carbocycles. The van der Waals surface area contributed by atoms with Crippen molar-refractivity contribution in [3.8, 4) is 44.5 Å². The van der Waals surface area contributed by atoms with Crippen LogP contribution in [0.3, 0.4) is 0 Å². The van der Waals surface area contributed by atoms with Crippen molar-refractivity contribution in [2.45, 2.75) is 6.92 Å². The number of aliphatic imine (C=N–C) groups is 1. The molecule has 0 spiro atoms. The molecule has 0 fully saturated rings. The quantitative estimate of drug-likeness (QED) is 0.106. The zero-order valence-corrected chi connectivity index (χ0v) is 30.5. The van der Waals surface area contributed by atoms with Gasteiger partial charge in [-0.3, -0.25) is 0 Å². The molecule has 0 aliphatic carbocycles. The fourth-order valence-corrected chi connectivity index (χ4v) is 6.60. The zero-order valence-electron chi connectivity index (χ0n) is 30.5. The Labute approximate surface area is 319 Å². The van der Waals surface area contributed by atoms with Gasteiger partial charge in [0.25, 0.3) is 0 Å². The molecule has 7 aromatic rings. The van der Waals surface area contributed by atoms with Crippen molar-refractivity contribution in [1.82, 2.24) is 0 Å². The third-order valence-electron chi connectivity index (χ3n) is 9.47. The van der Waals surface area contributed by atoms with E-state index >= 15 is 0 Å². The predicted octanol–water partition coefficient (Wildman–Crippen LogP) is 13.5. The normalized spacial score (nSPS) is 12.1. The van der Waals surface area contributed by atoms with Gasteiger partial charge in [-0.05, 0) is 98.1 Å². The molecule has 260 valence electrons. The molecule has 0 unspecified atom stereocenters. The van der Waals surface area contributed by atoms with Crippen molar-refractivity contribution >= 4 is 22.2 Å². The molecule has 0 saturated heterocycles. The van der Waals surface area contributed by atoms with Crippen LogP contribution >= 0.6 is 0 Å². The number of nitrogens with two attached hydrogens (primary N) is 1. The maximum absolute atomic E-state index is 6.48. The van der Waals surface area contributed by atoms with Gasteiger partial charge in [-0.25, -0.2) is 4.99 Å². The van der Waals surface area contributed by atoms with E-state index in [9.17, 15) is 0 Å². The van der Waals surface area contributed by atoms with Crippen molar-refractivity contribution in [3.63, 3.8) is 0 Å². The highest BCUT2D eigenvalue weighted by molar-refractivity contribution is 6.11. The van der Waals surface area contributed by atoms with Gasteiger partial charge in [0.1, 0.15) is 0 Å². The third-order valence-corrected chi connectivity index (χ3v) is 9.47. The molecule has 2 nitrogen and oxygen atoms in total. The second-order valence-corrected chi connectivity index (χ2v) is 13.2. The molecule has 2 heteroatoms. The van der Waals surface area contributed by atoms with E-state index in [0.717, 1.165) is 33.4 Å². The molecule has 0 atom stereocenters. The van der Waals surface area contributed by atoms with E-state index in [1.54, 1.807) is 0 Å². The van der Waals surface area contributed by atoms with Crippen LogP contribution in [0.5, 0.6) is 0 Å². The van der Waals surface area contributed by atoms with Crippen molar-refractivity contribution in [2.24, 2.45) is 10.7 Å². The molecule has 54 heavy (non-hydrogen) atoms. The largest absolute Gasteiger partial charge is 0.398 e. The van der Waals surface area contributed by atoms with Crippen molar-refractivity contribution in [1.29, 1.82) is 0 Å². The average molecular weight is 695 g/mol. The molecule has 2 N–H and O–H groups in total. The van der Waals surface area contributed by atoms with Gasteiger partial charge in [-0.15, -0.1) is 0 Å². The molecular weight excluding hydrogens is 653 g/mol. The summed E-state index contributed by atoms with van der Waals surface area (Å²) in [7, 11) is 0. The summed E-state index contributed by atoms with van der Waals surface area (Å²) in [5, 5.41) is 2.51. The van der Waals surface area contributed by atoms with Crippen LogP contribution in [0, 0.1) is 0 Å². The van der Waals surface area contributed by atoms with Crippen LogP contribution in [0.1, 0.15) is 18.1 Å². The Morgan fingerprint density at radius 2 is 1.02 bits per heavy atom. The van der Waals surface area contributed by atoms with Crippen molar-refractivity contribution in [2.75, 3.05) is 0 Å². The Morgan fingerprint density at radius 1 is 0.519 bits per heavy atom. The van der Waals surface area contributed by atoms with Gasteiger partial charge >= 0.3 is 0 Å². The maximum Gasteiger partial charge on any atom is 0.0729 e. The first-order valence-electron chi connectivity index (χ1n) is 18.2. The first-order valence-corrected chi connectivity index (χ1v) is 18.2. The van der Waals surface area contributed by atoms with E-state index in [4.69, 9.17) is 10.7 Å². The lowest BCUT2D eigenvalue weighted by Gasteiger charge is -2.12. The van der Waals surface area contributed by atoms with E-state index in [-0.39, 0.29) is 0 Å². The Kier molecular flexibility index (Phi) is 10.8. The minimum absolute atomic E-state index is 0.540. The summed E-state index contributed by atoms with van der Waals surface area (Å²) in [4.78, 5) is 5.00. The van der Waals surface area contributed by atoms with Crippen LogP contribution in [0.25, 0.3) is 61.0 Å². The van der Waals surface area contributed by atoms with Gasteiger partial charge in [0.05, 0.1) is 11.4 Å². The number of benzene rings is 7. The Morgan fingerprint density at radius 3 is 1.67 bits per heavy atom. The number of fused-ring (bicyclic) bond motifs is 1. The lowest BCUT2D eigenvalue weighted by atomic mass is 9.93. The SMILES string of the molecule is C=C(/C=C\C=C/C)/C(N)=C/C(=N\C(=C)c1cccc(-c2cccc(-c3cccc(-c4cccc(-c5cccc6ccccc56)c4)c3)c2)c1)c1ccccc1. The summed E-state index contributed by atoms with van der Waals surface area (Å²) in [5.41, 5.74) is 20.3. The molecule has 0 heterocycles. The number of hydrogen-bond donors (Lipinski definition) is 1. The van der Waals surface area contributed by atoms with E-state index in [1.807, 2.05) is 73.7 Å². The Bertz CT molecular complexity index is 2590. The van der Waals surface area contributed by atoms with Gasteiger partial charge < -0.3 is 5.73 Å². The second-order valence-electron chi connectivity index (χ2n) is 13.2. The highest BCUT2D eigenvalue weighted by Crippen LogP contribution is 2.34.